The molecular formula is C22H26N4O3S. The Morgan fingerprint density at radius 3 is 2.47 bits per heavy atom. The fourth-order valence-electron chi connectivity index (χ4n) is 3.70. The first-order chi connectivity index (χ1) is 14.5. The van der Waals surface area contributed by atoms with Crippen LogP contribution in [0.25, 0.3) is 0 Å². The van der Waals surface area contributed by atoms with Crippen molar-refractivity contribution in [3.63, 3.8) is 0 Å². The Balaban J connectivity index is 1.36. The Labute approximate surface area is 181 Å². The summed E-state index contributed by atoms with van der Waals surface area (Å²) in [5.41, 5.74) is 1.11. The average Bonchev–Trinajstić information content (AvgIpc) is 2.75. The van der Waals surface area contributed by atoms with Crippen molar-refractivity contribution in [1.29, 1.82) is 0 Å². The molecule has 30 heavy (non-hydrogen) atoms. The van der Waals surface area contributed by atoms with E-state index in [1.165, 1.54) is 23.8 Å². The lowest BCUT2D eigenvalue weighted by atomic mass is 9.93. The average molecular weight is 427 g/mol. The minimum atomic E-state index is -0.575. The molecule has 1 aliphatic rings. The van der Waals surface area contributed by atoms with Crippen molar-refractivity contribution in [3.05, 3.63) is 75.8 Å². The summed E-state index contributed by atoms with van der Waals surface area (Å²) in [6.45, 7) is 3.82. The zero-order valence-electron chi connectivity index (χ0n) is 16.8. The number of thiocarbonyl (C=S) groups is 1. The maximum atomic E-state index is 12.3. The Hall–Kier alpha value is -2.84. The van der Waals surface area contributed by atoms with E-state index in [2.05, 4.69) is 39.8 Å². The van der Waals surface area contributed by atoms with E-state index in [1.807, 2.05) is 6.07 Å². The summed E-state index contributed by atoms with van der Waals surface area (Å²) in [4.78, 5) is 25.3. The van der Waals surface area contributed by atoms with Gasteiger partial charge < -0.3 is 5.32 Å². The molecule has 0 unspecified atom stereocenters. The molecule has 1 saturated heterocycles. The Kier molecular flexibility index (Phi) is 7.87. The van der Waals surface area contributed by atoms with Gasteiger partial charge in [0.2, 0.25) is 0 Å². The molecule has 2 N–H and O–H groups in total. The highest BCUT2D eigenvalue weighted by atomic mass is 32.1. The topological polar surface area (TPSA) is 87.5 Å². The molecule has 1 fully saturated rings. The van der Waals surface area contributed by atoms with Gasteiger partial charge in [-0.15, -0.1) is 0 Å². The minimum absolute atomic E-state index is 0.00237. The molecule has 3 rings (SSSR count). The fourth-order valence-corrected chi connectivity index (χ4v) is 3.90. The third-order valence-corrected chi connectivity index (χ3v) is 5.61. The van der Waals surface area contributed by atoms with Crippen LogP contribution in [0.15, 0.2) is 54.6 Å². The summed E-state index contributed by atoms with van der Waals surface area (Å²) >= 11 is 5.18. The van der Waals surface area contributed by atoms with Crippen LogP contribution in [0, 0.1) is 16.0 Å². The highest BCUT2D eigenvalue weighted by molar-refractivity contribution is 7.80. The number of carbonyl (C=O) groups is 1. The highest BCUT2D eigenvalue weighted by Crippen LogP contribution is 2.21. The van der Waals surface area contributed by atoms with Gasteiger partial charge in [-0.2, -0.15) is 0 Å². The predicted octanol–water partition coefficient (Wildman–Crippen LogP) is 3.50. The van der Waals surface area contributed by atoms with Gasteiger partial charge >= 0.3 is 0 Å². The lowest BCUT2D eigenvalue weighted by Gasteiger charge is -2.32. The van der Waals surface area contributed by atoms with Crippen LogP contribution in [-0.4, -0.2) is 40.5 Å². The van der Waals surface area contributed by atoms with E-state index in [1.54, 1.807) is 6.07 Å². The summed E-state index contributed by atoms with van der Waals surface area (Å²) in [7, 11) is 0. The molecule has 0 atom stereocenters. The van der Waals surface area contributed by atoms with Crippen LogP contribution in [0.1, 0.15) is 35.2 Å². The van der Waals surface area contributed by atoms with Gasteiger partial charge in [-0.1, -0.05) is 42.5 Å². The quantitative estimate of drug-likeness (QED) is 0.400. The number of nitro benzene ring substituents is 1. The standard InChI is InChI=1S/C22H26N4O3S/c27-21(19-8-4-5-9-20(19)26(28)29)24-22(30)23-13-10-17-11-14-25(15-12-17)16-18-6-2-1-3-7-18/h1-9,17H,10-16H2,(H2,23,24,27,30). The third kappa shape index (κ3) is 6.33. The zero-order valence-corrected chi connectivity index (χ0v) is 17.6. The van der Waals surface area contributed by atoms with Crippen molar-refractivity contribution in [3.8, 4) is 0 Å². The van der Waals surface area contributed by atoms with Crippen LogP contribution < -0.4 is 10.6 Å². The number of likely N-dealkylation sites (tertiary alicyclic amines) is 1. The molecule has 0 bridgehead atoms. The Morgan fingerprint density at radius 1 is 1.10 bits per heavy atom. The Morgan fingerprint density at radius 2 is 1.77 bits per heavy atom. The second kappa shape index (κ2) is 10.8. The molecule has 0 radical (unpaired) electrons. The van der Waals surface area contributed by atoms with Crippen molar-refractivity contribution < 1.29 is 9.72 Å². The first kappa shape index (κ1) is 21.9. The number of hydrogen-bond acceptors (Lipinski definition) is 5. The number of nitro groups is 1. The summed E-state index contributed by atoms with van der Waals surface area (Å²) in [6, 6.07) is 16.3. The number of piperidine rings is 1. The first-order valence-corrected chi connectivity index (χ1v) is 10.5. The number of nitrogens with one attached hydrogen (secondary N) is 2. The maximum Gasteiger partial charge on any atom is 0.282 e. The monoisotopic (exact) mass is 426 g/mol. The van der Waals surface area contributed by atoms with Crippen LogP contribution >= 0.6 is 12.2 Å². The molecule has 1 heterocycles. The van der Waals surface area contributed by atoms with Crippen molar-refractivity contribution in [1.82, 2.24) is 15.5 Å². The van der Waals surface area contributed by atoms with Crippen molar-refractivity contribution in [2.24, 2.45) is 5.92 Å². The molecule has 1 amide bonds. The van der Waals surface area contributed by atoms with Crippen LogP contribution in [0.4, 0.5) is 5.69 Å². The van der Waals surface area contributed by atoms with Gasteiger partial charge in [0.25, 0.3) is 11.6 Å². The Bertz CT molecular complexity index is 883. The van der Waals surface area contributed by atoms with E-state index in [4.69, 9.17) is 12.2 Å². The summed E-state index contributed by atoms with van der Waals surface area (Å²) in [5, 5.41) is 16.8. The number of hydrogen-bond donors (Lipinski definition) is 2. The van der Waals surface area contributed by atoms with Crippen LogP contribution in [-0.2, 0) is 6.54 Å². The van der Waals surface area contributed by atoms with E-state index in [-0.39, 0.29) is 16.4 Å². The SMILES string of the molecule is O=C(NC(=S)NCCC1CCN(Cc2ccccc2)CC1)c1ccccc1[N+](=O)[O-]. The van der Waals surface area contributed by atoms with Gasteiger partial charge in [0.05, 0.1) is 4.92 Å². The van der Waals surface area contributed by atoms with Crippen LogP contribution in [0.3, 0.4) is 0 Å². The first-order valence-electron chi connectivity index (χ1n) is 10.1. The summed E-state index contributed by atoms with van der Waals surface area (Å²) in [6.07, 6.45) is 3.26. The normalized spacial score (nSPS) is 14.8. The molecular weight excluding hydrogens is 400 g/mol. The van der Waals surface area contributed by atoms with Gasteiger partial charge in [-0.25, -0.2) is 0 Å². The maximum absolute atomic E-state index is 12.3. The van der Waals surface area contributed by atoms with Gasteiger partial charge in [-0.3, -0.25) is 25.1 Å². The molecule has 2 aromatic carbocycles. The third-order valence-electron chi connectivity index (χ3n) is 5.37. The number of amides is 1. The second-order valence-electron chi connectivity index (χ2n) is 7.48. The van der Waals surface area contributed by atoms with Crippen LogP contribution in [0.5, 0.6) is 0 Å². The number of nitrogens with zero attached hydrogens (tertiary/aromatic N) is 2. The number of para-hydroxylation sites is 1. The van der Waals surface area contributed by atoms with Gasteiger partial charge in [0, 0.05) is 19.2 Å². The highest BCUT2D eigenvalue weighted by Gasteiger charge is 2.21. The van der Waals surface area contributed by atoms with Crippen molar-refractivity contribution in [2.75, 3.05) is 19.6 Å². The lowest BCUT2D eigenvalue weighted by Crippen LogP contribution is -2.40. The molecule has 158 valence electrons. The number of benzene rings is 2. The summed E-state index contributed by atoms with van der Waals surface area (Å²) in [5.74, 6) is 0.0484. The zero-order chi connectivity index (χ0) is 21.3. The molecule has 7 nitrogen and oxygen atoms in total. The van der Waals surface area contributed by atoms with Crippen LogP contribution in [0.2, 0.25) is 0 Å². The second-order valence-corrected chi connectivity index (χ2v) is 7.89. The molecule has 1 aliphatic heterocycles. The predicted molar refractivity (Wildman–Crippen MR) is 120 cm³/mol. The molecule has 8 heteroatoms. The van der Waals surface area contributed by atoms with Crippen molar-refractivity contribution >= 4 is 28.9 Å². The molecule has 0 saturated carbocycles. The largest absolute Gasteiger partial charge is 0.362 e. The fraction of sp³-hybridized carbons (Fsp3) is 0.364. The number of rotatable bonds is 7. The van der Waals surface area contributed by atoms with Gasteiger partial charge in [0.1, 0.15) is 5.56 Å². The molecule has 0 spiro atoms. The minimum Gasteiger partial charge on any atom is -0.362 e. The van der Waals surface area contributed by atoms with E-state index in [0.717, 1.165) is 38.9 Å². The molecule has 2 aromatic rings. The van der Waals surface area contributed by atoms with Gasteiger partial charge in [-0.05, 0) is 62.1 Å². The number of carbonyl (C=O) groups excluding carboxylic acids is 1. The molecule has 0 aromatic heterocycles. The van der Waals surface area contributed by atoms with E-state index in [0.29, 0.717) is 12.5 Å². The lowest BCUT2D eigenvalue weighted by molar-refractivity contribution is -0.385. The van der Waals surface area contributed by atoms with E-state index in [9.17, 15) is 14.9 Å². The van der Waals surface area contributed by atoms with Gasteiger partial charge in [0.15, 0.2) is 5.11 Å². The van der Waals surface area contributed by atoms with Crippen molar-refractivity contribution in [2.45, 2.75) is 25.8 Å². The summed E-state index contributed by atoms with van der Waals surface area (Å²) < 4.78 is 0. The smallest absolute Gasteiger partial charge is 0.282 e. The molecule has 0 aliphatic carbocycles. The van der Waals surface area contributed by atoms with E-state index >= 15 is 0 Å². The van der Waals surface area contributed by atoms with E-state index < -0.39 is 10.8 Å².